The number of rotatable bonds is 8. The van der Waals surface area contributed by atoms with Crippen LogP contribution >= 0.6 is 0 Å². The number of halogens is 1. The van der Waals surface area contributed by atoms with Gasteiger partial charge in [-0.2, -0.15) is 10.2 Å². The van der Waals surface area contributed by atoms with Crippen molar-refractivity contribution in [2.45, 2.75) is 43.5 Å². The van der Waals surface area contributed by atoms with Crippen LogP contribution in [0.3, 0.4) is 0 Å². The van der Waals surface area contributed by atoms with Crippen LogP contribution in [0.15, 0.2) is 65.4 Å². The SMILES string of the molecule is N#Cc1cc(-c2ncnc(Nc3ccc(C4CCN(C5COC5)CC4)cc3)n2)ccc1O[C@H]1CCN(C(=O)C2=CC=NC2)C[C@H]1F. The van der Waals surface area contributed by atoms with Crippen LogP contribution in [0.25, 0.3) is 11.4 Å². The van der Waals surface area contributed by atoms with Crippen molar-refractivity contribution in [3.8, 4) is 23.2 Å². The van der Waals surface area contributed by atoms with Crippen molar-refractivity contribution in [1.82, 2.24) is 24.8 Å². The summed E-state index contributed by atoms with van der Waals surface area (Å²) in [6.45, 7) is 4.57. The van der Waals surface area contributed by atoms with E-state index in [0.29, 0.717) is 54.4 Å². The second-order valence-corrected chi connectivity index (χ2v) is 12.1. The second kappa shape index (κ2) is 13.3. The Balaban J connectivity index is 0.964. The molecular formula is C34H35FN8O3. The standard InChI is InChI=1S/C34H35FN8O3/c35-29-18-43(33(44)25-7-11-37-17-25)14-10-31(29)46-30-6-3-24(15-26(30)16-36)32-38-21-39-34(41-32)40-27-4-1-22(2-5-27)23-8-12-42(13-9-23)28-19-45-20-28/h1-7,11,15,21,23,28-29,31H,8-10,12-14,17-20H2,(H,38,39,40,41)/t29-,31+/m1/s1. The van der Waals surface area contributed by atoms with Gasteiger partial charge >= 0.3 is 0 Å². The molecule has 3 aromatic rings. The maximum atomic E-state index is 15.1. The van der Waals surface area contributed by atoms with Gasteiger partial charge in [-0.1, -0.05) is 12.1 Å². The average molecular weight is 623 g/mol. The molecule has 2 atom stereocenters. The summed E-state index contributed by atoms with van der Waals surface area (Å²) in [6.07, 6.45) is 5.13. The van der Waals surface area contributed by atoms with Crippen molar-refractivity contribution >= 4 is 23.8 Å². The fourth-order valence-corrected chi connectivity index (χ4v) is 6.41. The molecule has 1 N–H and O–H groups in total. The van der Waals surface area contributed by atoms with Crippen molar-refractivity contribution in [2.75, 3.05) is 51.3 Å². The lowest BCUT2D eigenvalue weighted by molar-refractivity contribution is -0.130. The molecule has 4 aliphatic heterocycles. The number of allylic oxidation sites excluding steroid dienone is 1. The van der Waals surface area contributed by atoms with Crippen LogP contribution in [0.5, 0.6) is 5.75 Å². The maximum Gasteiger partial charge on any atom is 0.251 e. The Morgan fingerprint density at radius 2 is 1.89 bits per heavy atom. The quantitative estimate of drug-likeness (QED) is 0.396. The summed E-state index contributed by atoms with van der Waals surface area (Å²) in [6, 6.07) is 16.2. The van der Waals surface area contributed by atoms with E-state index in [2.05, 4.69) is 48.4 Å². The Kier molecular flexibility index (Phi) is 8.68. The van der Waals surface area contributed by atoms with Crippen LogP contribution in [-0.4, -0.2) is 101 Å². The molecule has 0 spiro atoms. The average Bonchev–Trinajstić information content (AvgIpc) is 3.61. The van der Waals surface area contributed by atoms with E-state index in [1.165, 1.54) is 16.8 Å². The van der Waals surface area contributed by atoms with Gasteiger partial charge in [0.1, 0.15) is 24.3 Å². The van der Waals surface area contributed by atoms with E-state index in [1.54, 1.807) is 30.5 Å². The minimum Gasteiger partial charge on any atom is -0.486 e. The molecule has 1 amide bonds. The van der Waals surface area contributed by atoms with Crippen LogP contribution in [0.4, 0.5) is 16.0 Å². The molecule has 46 heavy (non-hydrogen) atoms. The molecule has 3 saturated heterocycles. The summed E-state index contributed by atoms with van der Waals surface area (Å²) in [5.41, 5.74) is 3.62. The van der Waals surface area contributed by atoms with Gasteiger partial charge in [-0.3, -0.25) is 14.7 Å². The molecule has 12 heteroatoms. The number of carbonyl (C=O) groups is 1. The minimum absolute atomic E-state index is 0.0694. The van der Waals surface area contributed by atoms with Gasteiger partial charge in [0.05, 0.1) is 37.9 Å². The molecule has 0 radical (unpaired) electrons. The summed E-state index contributed by atoms with van der Waals surface area (Å²) < 4.78 is 26.4. The van der Waals surface area contributed by atoms with Crippen molar-refractivity contribution in [3.63, 3.8) is 0 Å². The molecule has 11 nitrogen and oxygen atoms in total. The van der Waals surface area contributed by atoms with Crippen molar-refractivity contribution in [3.05, 3.63) is 71.6 Å². The van der Waals surface area contributed by atoms with E-state index in [4.69, 9.17) is 9.47 Å². The van der Waals surface area contributed by atoms with Crippen molar-refractivity contribution < 1.29 is 18.7 Å². The van der Waals surface area contributed by atoms with E-state index in [1.807, 2.05) is 12.1 Å². The third kappa shape index (κ3) is 6.47. The number of carbonyl (C=O) groups excluding carboxylic acids is 1. The summed E-state index contributed by atoms with van der Waals surface area (Å²) in [7, 11) is 0. The summed E-state index contributed by atoms with van der Waals surface area (Å²) in [4.78, 5) is 33.9. The van der Waals surface area contributed by atoms with Gasteiger partial charge in [0, 0.05) is 36.0 Å². The topological polar surface area (TPSA) is 129 Å². The Hall–Kier alpha value is -4.73. The van der Waals surface area contributed by atoms with Crippen molar-refractivity contribution in [2.24, 2.45) is 4.99 Å². The van der Waals surface area contributed by atoms with Gasteiger partial charge < -0.3 is 19.7 Å². The van der Waals surface area contributed by atoms with Crippen LogP contribution in [0, 0.1) is 11.3 Å². The normalized spacial score (nSPS) is 22.2. The van der Waals surface area contributed by atoms with Gasteiger partial charge in [0.25, 0.3) is 5.91 Å². The number of amides is 1. The first-order chi connectivity index (χ1) is 22.5. The molecule has 3 fully saturated rings. The number of nitriles is 1. The van der Waals surface area contributed by atoms with Crippen LogP contribution in [0.1, 0.15) is 36.3 Å². The summed E-state index contributed by atoms with van der Waals surface area (Å²) >= 11 is 0. The molecule has 2 aromatic carbocycles. The van der Waals surface area contributed by atoms with Gasteiger partial charge in [0.2, 0.25) is 5.95 Å². The fraction of sp³-hybridized carbons (Fsp3) is 0.412. The third-order valence-corrected chi connectivity index (χ3v) is 9.20. The minimum atomic E-state index is -1.39. The number of benzene rings is 2. The Morgan fingerprint density at radius 3 is 2.59 bits per heavy atom. The molecule has 236 valence electrons. The third-order valence-electron chi connectivity index (χ3n) is 9.20. The monoisotopic (exact) mass is 622 g/mol. The lowest BCUT2D eigenvalue weighted by atomic mass is 9.88. The molecule has 5 heterocycles. The van der Waals surface area contributed by atoms with Crippen molar-refractivity contribution in [1.29, 1.82) is 5.26 Å². The smallest absolute Gasteiger partial charge is 0.251 e. The van der Waals surface area contributed by atoms with Gasteiger partial charge in [-0.05, 0) is 73.8 Å². The lowest BCUT2D eigenvalue weighted by Crippen LogP contribution is -2.51. The zero-order valence-electron chi connectivity index (χ0n) is 25.4. The van der Waals surface area contributed by atoms with Gasteiger partial charge in [-0.25, -0.2) is 14.4 Å². The predicted molar refractivity (Wildman–Crippen MR) is 170 cm³/mol. The van der Waals surface area contributed by atoms with Gasteiger partial charge in [-0.15, -0.1) is 0 Å². The zero-order chi connectivity index (χ0) is 31.5. The van der Waals surface area contributed by atoms with E-state index in [0.717, 1.165) is 44.8 Å². The molecule has 0 saturated carbocycles. The molecule has 0 bridgehead atoms. The van der Waals surface area contributed by atoms with E-state index in [9.17, 15) is 10.1 Å². The highest BCUT2D eigenvalue weighted by atomic mass is 19.1. The number of aliphatic imine (C=N–C) groups is 1. The van der Waals surface area contributed by atoms with Gasteiger partial charge in [0.15, 0.2) is 12.0 Å². The fourth-order valence-electron chi connectivity index (χ4n) is 6.41. The molecule has 4 aliphatic rings. The number of nitrogens with one attached hydrogen (secondary N) is 1. The number of alkyl halides is 1. The highest BCUT2D eigenvalue weighted by molar-refractivity contribution is 5.99. The molecular weight excluding hydrogens is 587 g/mol. The summed E-state index contributed by atoms with van der Waals surface area (Å²) in [5, 5.41) is 13.1. The highest BCUT2D eigenvalue weighted by Gasteiger charge is 2.35. The van der Waals surface area contributed by atoms with E-state index in [-0.39, 0.29) is 23.8 Å². The first-order valence-electron chi connectivity index (χ1n) is 15.8. The number of nitrogens with zero attached hydrogens (tertiary/aromatic N) is 7. The van der Waals surface area contributed by atoms with E-state index >= 15 is 4.39 Å². The number of likely N-dealkylation sites (tertiary alicyclic amines) is 2. The van der Waals surface area contributed by atoms with Crippen LogP contribution in [-0.2, 0) is 9.53 Å². The highest BCUT2D eigenvalue weighted by Crippen LogP contribution is 2.32. The number of anilines is 2. The largest absolute Gasteiger partial charge is 0.486 e. The lowest BCUT2D eigenvalue weighted by Gasteiger charge is -2.41. The van der Waals surface area contributed by atoms with Crippen LogP contribution < -0.4 is 10.1 Å². The number of ether oxygens (including phenoxy) is 2. The summed E-state index contributed by atoms with van der Waals surface area (Å²) in [5.74, 6) is 1.41. The Morgan fingerprint density at radius 1 is 1.07 bits per heavy atom. The molecule has 0 aliphatic carbocycles. The number of aromatic nitrogens is 3. The number of piperidine rings is 2. The number of hydrogen-bond acceptors (Lipinski definition) is 10. The first kappa shape index (κ1) is 30.0. The maximum absolute atomic E-state index is 15.1. The Bertz CT molecular complexity index is 1680. The van der Waals surface area contributed by atoms with E-state index < -0.39 is 12.3 Å². The molecule has 1 aromatic heterocycles. The zero-order valence-corrected chi connectivity index (χ0v) is 25.4. The Labute approximate surface area is 266 Å². The second-order valence-electron chi connectivity index (χ2n) is 12.1. The molecule has 0 unspecified atom stereocenters. The predicted octanol–water partition coefficient (Wildman–Crippen LogP) is 4.06. The van der Waals surface area contributed by atoms with Crippen LogP contribution in [0.2, 0.25) is 0 Å². The number of hydrogen-bond donors (Lipinski definition) is 1. The molecule has 7 rings (SSSR count). The first-order valence-corrected chi connectivity index (χ1v) is 15.8.